The summed E-state index contributed by atoms with van der Waals surface area (Å²) in [4.78, 5) is 39.9. The van der Waals surface area contributed by atoms with Crippen molar-refractivity contribution >= 4 is 33.5 Å². The molecule has 0 aliphatic carbocycles. The van der Waals surface area contributed by atoms with E-state index in [0.29, 0.717) is 10.2 Å². The maximum Gasteiger partial charge on any atom is 0.318 e. The van der Waals surface area contributed by atoms with Crippen molar-refractivity contribution in [3.05, 3.63) is 51.9 Å². The number of carbonyl (C=O) groups excluding carboxylic acids is 2. The first-order chi connectivity index (χ1) is 11.5. The van der Waals surface area contributed by atoms with Crippen LogP contribution in [0.2, 0.25) is 0 Å². The van der Waals surface area contributed by atoms with E-state index >= 15 is 0 Å². The van der Waals surface area contributed by atoms with Gasteiger partial charge in [-0.15, -0.1) is 11.3 Å². The number of nitrogens with one attached hydrogen (secondary N) is 1. The highest BCUT2D eigenvalue weighted by Crippen LogP contribution is 2.30. The van der Waals surface area contributed by atoms with Gasteiger partial charge in [0.25, 0.3) is 5.56 Å². The van der Waals surface area contributed by atoms with Crippen molar-refractivity contribution in [1.82, 2.24) is 14.9 Å². The van der Waals surface area contributed by atoms with Crippen molar-refractivity contribution in [3.63, 3.8) is 0 Å². The Morgan fingerprint density at radius 1 is 1.29 bits per heavy atom. The Morgan fingerprint density at radius 3 is 2.67 bits per heavy atom. The van der Waals surface area contributed by atoms with Gasteiger partial charge in [0.05, 0.1) is 11.7 Å². The van der Waals surface area contributed by atoms with Gasteiger partial charge in [-0.2, -0.15) is 0 Å². The molecule has 0 unspecified atom stereocenters. The van der Waals surface area contributed by atoms with Crippen LogP contribution in [-0.2, 0) is 11.3 Å². The first-order valence-electron chi connectivity index (χ1n) is 7.08. The first kappa shape index (κ1) is 15.9. The number of amides is 3. The zero-order valence-corrected chi connectivity index (χ0v) is 13.6. The minimum absolute atomic E-state index is 0.325. The molecule has 7 nitrogen and oxygen atoms in total. The van der Waals surface area contributed by atoms with Crippen LogP contribution in [0.3, 0.4) is 0 Å². The van der Waals surface area contributed by atoms with E-state index in [9.17, 15) is 14.4 Å². The second-order valence-electron chi connectivity index (χ2n) is 5.29. The maximum atomic E-state index is 12.7. The molecule has 0 spiro atoms. The number of fused-ring (bicyclic) bond motifs is 1. The van der Waals surface area contributed by atoms with Crippen LogP contribution in [0.25, 0.3) is 21.3 Å². The summed E-state index contributed by atoms with van der Waals surface area (Å²) in [6.45, 7) is 1.66. The number of hydrogen-bond acceptors (Lipinski definition) is 5. The summed E-state index contributed by atoms with van der Waals surface area (Å²) in [5.41, 5.74) is 7.37. The lowest BCUT2D eigenvalue weighted by atomic mass is 10.1. The van der Waals surface area contributed by atoms with Gasteiger partial charge in [0.15, 0.2) is 0 Å². The lowest BCUT2D eigenvalue weighted by Gasteiger charge is -2.06. The molecule has 0 saturated heterocycles. The molecule has 2 heterocycles. The molecule has 3 amide bonds. The van der Waals surface area contributed by atoms with Crippen molar-refractivity contribution in [2.75, 3.05) is 0 Å². The predicted molar refractivity (Wildman–Crippen MR) is 91.8 cm³/mol. The number of carbonyl (C=O) groups is 2. The van der Waals surface area contributed by atoms with Gasteiger partial charge in [-0.25, -0.2) is 9.78 Å². The molecule has 0 atom stereocenters. The molecule has 3 N–H and O–H groups in total. The molecule has 0 radical (unpaired) electrons. The monoisotopic (exact) mass is 342 g/mol. The quantitative estimate of drug-likeness (QED) is 0.754. The van der Waals surface area contributed by atoms with E-state index in [-0.39, 0.29) is 12.1 Å². The highest BCUT2D eigenvalue weighted by molar-refractivity contribution is 7.17. The number of nitrogens with two attached hydrogens (primary N) is 1. The molecule has 0 saturated carbocycles. The largest absolute Gasteiger partial charge is 0.351 e. The van der Waals surface area contributed by atoms with Gasteiger partial charge in [0.1, 0.15) is 11.4 Å². The van der Waals surface area contributed by atoms with Crippen molar-refractivity contribution in [2.45, 2.75) is 13.5 Å². The van der Waals surface area contributed by atoms with Crippen LogP contribution < -0.4 is 16.6 Å². The number of rotatable bonds is 3. The number of aromatic nitrogens is 2. The Bertz CT molecular complexity index is 989. The van der Waals surface area contributed by atoms with Crippen LogP contribution in [0, 0.1) is 6.92 Å². The SMILES string of the molecule is Cc1ccc(-c2csc3ncn(CC(=O)NC(N)=O)c(=O)c23)cc1. The Kier molecular flexibility index (Phi) is 4.13. The number of hydrogen-bond donors (Lipinski definition) is 2. The van der Waals surface area contributed by atoms with Gasteiger partial charge in [0.2, 0.25) is 5.91 Å². The summed E-state index contributed by atoms with van der Waals surface area (Å²) < 4.78 is 1.16. The van der Waals surface area contributed by atoms with Gasteiger partial charge in [-0.05, 0) is 12.5 Å². The van der Waals surface area contributed by atoms with Crippen LogP contribution in [-0.4, -0.2) is 21.5 Å². The average molecular weight is 342 g/mol. The first-order valence-corrected chi connectivity index (χ1v) is 7.96. The molecule has 0 aliphatic rings. The van der Waals surface area contributed by atoms with Gasteiger partial charge < -0.3 is 5.73 Å². The third-order valence-corrected chi connectivity index (χ3v) is 4.39. The zero-order valence-electron chi connectivity index (χ0n) is 12.8. The molecule has 3 rings (SSSR count). The summed E-state index contributed by atoms with van der Waals surface area (Å²) >= 11 is 1.37. The molecular weight excluding hydrogens is 328 g/mol. The molecule has 0 fully saturated rings. The molecular formula is C16H14N4O3S. The molecule has 122 valence electrons. The third-order valence-electron chi connectivity index (χ3n) is 3.50. The van der Waals surface area contributed by atoms with E-state index in [1.165, 1.54) is 17.7 Å². The van der Waals surface area contributed by atoms with Crippen molar-refractivity contribution in [2.24, 2.45) is 5.73 Å². The van der Waals surface area contributed by atoms with Crippen molar-refractivity contribution in [1.29, 1.82) is 0 Å². The zero-order chi connectivity index (χ0) is 17.3. The summed E-state index contributed by atoms with van der Waals surface area (Å²) in [5, 5.41) is 4.26. The normalized spacial score (nSPS) is 10.7. The van der Waals surface area contributed by atoms with E-state index in [0.717, 1.165) is 21.3 Å². The van der Waals surface area contributed by atoms with Crippen LogP contribution in [0.4, 0.5) is 4.79 Å². The highest BCUT2D eigenvalue weighted by atomic mass is 32.1. The number of benzene rings is 1. The number of primary amides is 1. The number of urea groups is 1. The standard InChI is InChI=1S/C16H14N4O3S/c1-9-2-4-10(5-3-9)11-7-24-14-13(11)15(22)20(8-18-14)6-12(21)19-16(17)23/h2-5,7-8H,6H2,1H3,(H3,17,19,21,23). The van der Waals surface area contributed by atoms with Gasteiger partial charge in [0, 0.05) is 10.9 Å². The Hall–Kier alpha value is -3.00. The van der Waals surface area contributed by atoms with E-state index in [2.05, 4.69) is 4.98 Å². The predicted octanol–water partition coefficient (Wildman–Crippen LogP) is 1.63. The van der Waals surface area contributed by atoms with Gasteiger partial charge >= 0.3 is 6.03 Å². The molecule has 24 heavy (non-hydrogen) atoms. The number of imide groups is 1. The van der Waals surface area contributed by atoms with E-state index in [1.807, 2.05) is 41.9 Å². The fourth-order valence-electron chi connectivity index (χ4n) is 2.36. The molecule has 8 heteroatoms. The lowest BCUT2D eigenvalue weighted by Crippen LogP contribution is -2.39. The number of thiophene rings is 1. The molecule has 3 aromatic rings. The van der Waals surface area contributed by atoms with Crippen LogP contribution >= 0.6 is 11.3 Å². The van der Waals surface area contributed by atoms with Gasteiger partial charge in [-0.3, -0.25) is 19.5 Å². The minimum atomic E-state index is -0.960. The van der Waals surface area contributed by atoms with Crippen molar-refractivity contribution < 1.29 is 9.59 Å². The second-order valence-corrected chi connectivity index (χ2v) is 6.14. The average Bonchev–Trinajstić information content (AvgIpc) is 2.95. The Labute approximate surface area is 140 Å². The topological polar surface area (TPSA) is 107 Å². The van der Waals surface area contributed by atoms with Crippen LogP contribution in [0.1, 0.15) is 5.56 Å². The molecule has 0 bridgehead atoms. The summed E-state index contributed by atoms with van der Waals surface area (Å²) in [6.07, 6.45) is 1.29. The van der Waals surface area contributed by atoms with Crippen LogP contribution in [0.15, 0.2) is 40.8 Å². The van der Waals surface area contributed by atoms with Crippen molar-refractivity contribution in [3.8, 4) is 11.1 Å². The molecule has 0 aliphatic heterocycles. The fourth-order valence-corrected chi connectivity index (χ4v) is 3.26. The summed E-state index contributed by atoms with van der Waals surface area (Å²) in [7, 11) is 0. The summed E-state index contributed by atoms with van der Waals surface area (Å²) in [6, 6.07) is 6.85. The van der Waals surface area contributed by atoms with Crippen LogP contribution in [0.5, 0.6) is 0 Å². The van der Waals surface area contributed by atoms with Gasteiger partial charge in [-0.1, -0.05) is 29.8 Å². The second kappa shape index (κ2) is 6.25. The third kappa shape index (κ3) is 3.04. The smallest absolute Gasteiger partial charge is 0.318 e. The fraction of sp³-hybridized carbons (Fsp3) is 0.125. The van der Waals surface area contributed by atoms with E-state index < -0.39 is 11.9 Å². The minimum Gasteiger partial charge on any atom is -0.351 e. The Morgan fingerprint density at radius 2 is 2.00 bits per heavy atom. The molecule has 1 aromatic carbocycles. The van der Waals surface area contributed by atoms with E-state index in [4.69, 9.17) is 5.73 Å². The highest BCUT2D eigenvalue weighted by Gasteiger charge is 2.15. The summed E-state index contributed by atoms with van der Waals surface area (Å²) in [5.74, 6) is -0.669. The molecule has 2 aromatic heterocycles. The number of nitrogens with zero attached hydrogens (tertiary/aromatic N) is 2. The maximum absolute atomic E-state index is 12.7. The van der Waals surface area contributed by atoms with E-state index in [1.54, 1.807) is 0 Å². The Balaban J connectivity index is 2.06. The lowest BCUT2D eigenvalue weighted by molar-refractivity contribution is -0.120. The number of aryl methyl sites for hydroxylation is 1.